The van der Waals surface area contributed by atoms with Gasteiger partial charge in [0.05, 0.1) is 29.2 Å². The van der Waals surface area contributed by atoms with Crippen LogP contribution in [0.15, 0.2) is 0 Å². The van der Waals surface area contributed by atoms with Crippen molar-refractivity contribution in [3.63, 3.8) is 0 Å². The third-order valence-corrected chi connectivity index (χ3v) is 8.97. The SMILES string of the molecule is CCCCNC(=O)C1N([C@@H](CO)CC(C)C)C(=O)[C@@H]2[C@H](C(=O)NCCC)[C@@H]3CCC12S3. The smallest absolute Gasteiger partial charge is 0.244 e. The molecule has 0 aliphatic carbocycles. The molecule has 7 nitrogen and oxygen atoms in total. The summed E-state index contributed by atoms with van der Waals surface area (Å²) in [5, 5.41) is 16.3. The first-order valence-corrected chi connectivity index (χ1v) is 12.9. The van der Waals surface area contributed by atoms with Gasteiger partial charge >= 0.3 is 0 Å². The minimum atomic E-state index is -0.628. The second kappa shape index (κ2) is 10.1. The molecule has 0 radical (unpaired) electrons. The molecule has 3 fully saturated rings. The molecule has 3 rings (SSSR count). The molecule has 3 aliphatic rings. The topological polar surface area (TPSA) is 98.7 Å². The van der Waals surface area contributed by atoms with Crippen LogP contribution in [0, 0.1) is 17.8 Å². The normalized spacial score (nSPS) is 32.5. The van der Waals surface area contributed by atoms with E-state index >= 15 is 0 Å². The number of likely N-dealkylation sites (tertiary alicyclic amines) is 1. The first-order chi connectivity index (χ1) is 14.8. The molecule has 0 saturated carbocycles. The Morgan fingerprint density at radius 1 is 1.19 bits per heavy atom. The van der Waals surface area contributed by atoms with E-state index in [-0.39, 0.29) is 35.5 Å². The lowest BCUT2D eigenvalue weighted by atomic mass is 9.70. The van der Waals surface area contributed by atoms with Crippen molar-refractivity contribution < 1.29 is 19.5 Å². The molecular formula is C23H39N3O4S. The number of carbonyl (C=O) groups excluding carboxylic acids is 3. The third kappa shape index (κ3) is 4.34. The van der Waals surface area contributed by atoms with Gasteiger partial charge in [-0.1, -0.05) is 34.1 Å². The summed E-state index contributed by atoms with van der Waals surface area (Å²) in [6.07, 6.45) is 4.94. The van der Waals surface area contributed by atoms with Gasteiger partial charge in [-0.25, -0.2) is 0 Å². The number of thioether (sulfide) groups is 1. The predicted molar refractivity (Wildman–Crippen MR) is 123 cm³/mol. The van der Waals surface area contributed by atoms with Crippen LogP contribution in [0.1, 0.15) is 66.2 Å². The number of fused-ring (bicyclic) bond motifs is 1. The Balaban J connectivity index is 1.96. The maximum Gasteiger partial charge on any atom is 0.244 e. The van der Waals surface area contributed by atoms with Crippen LogP contribution in [-0.2, 0) is 14.4 Å². The molecule has 1 spiro atoms. The van der Waals surface area contributed by atoms with Crippen molar-refractivity contribution >= 4 is 29.5 Å². The van der Waals surface area contributed by atoms with E-state index in [0.717, 1.165) is 32.1 Å². The summed E-state index contributed by atoms with van der Waals surface area (Å²) in [6, 6.07) is -1.04. The van der Waals surface area contributed by atoms with Gasteiger partial charge in [0.2, 0.25) is 17.7 Å². The summed E-state index contributed by atoms with van der Waals surface area (Å²) >= 11 is 1.68. The Bertz CT molecular complexity index is 688. The predicted octanol–water partition coefficient (Wildman–Crippen LogP) is 1.93. The number of aliphatic hydroxyl groups is 1. The standard InChI is InChI=1S/C23H39N3O4S/c1-5-7-11-25-21(29)19-23-9-8-16(31-23)17(20(28)24-10-6-2)18(23)22(30)26(19)15(13-27)12-14(3)4/h14-19,27H,5-13H2,1-4H3,(H,24,28)(H,25,29)/t15-,16+,17-,18+,19?,23?/m1/s1. The Labute approximate surface area is 190 Å². The first kappa shape index (κ1) is 24.4. The average Bonchev–Trinajstić information content (AvgIpc) is 3.37. The van der Waals surface area contributed by atoms with Gasteiger partial charge in [0.15, 0.2) is 0 Å². The minimum Gasteiger partial charge on any atom is -0.394 e. The Morgan fingerprint density at radius 2 is 1.90 bits per heavy atom. The number of nitrogens with one attached hydrogen (secondary N) is 2. The van der Waals surface area contributed by atoms with Crippen LogP contribution < -0.4 is 10.6 Å². The number of hydrogen-bond donors (Lipinski definition) is 3. The number of nitrogens with zero attached hydrogens (tertiary/aromatic N) is 1. The van der Waals surface area contributed by atoms with Gasteiger partial charge < -0.3 is 20.6 Å². The highest BCUT2D eigenvalue weighted by Crippen LogP contribution is 2.66. The summed E-state index contributed by atoms with van der Waals surface area (Å²) in [5.41, 5.74) is 0. The molecule has 2 bridgehead atoms. The van der Waals surface area contributed by atoms with Crippen molar-refractivity contribution in [3.05, 3.63) is 0 Å². The Kier molecular flexibility index (Phi) is 7.95. The number of amides is 3. The van der Waals surface area contributed by atoms with Gasteiger partial charge in [-0.3, -0.25) is 14.4 Å². The summed E-state index contributed by atoms with van der Waals surface area (Å²) < 4.78 is -0.573. The van der Waals surface area contributed by atoms with Crippen molar-refractivity contribution in [1.29, 1.82) is 0 Å². The van der Waals surface area contributed by atoms with Gasteiger partial charge in [0, 0.05) is 18.3 Å². The number of aliphatic hydroxyl groups excluding tert-OH is 1. The molecular weight excluding hydrogens is 414 g/mol. The summed E-state index contributed by atoms with van der Waals surface area (Å²) in [5.74, 6) is -0.922. The Hall–Kier alpha value is -1.28. The Morgan fingerprint density at radius 3 is 2.52 bits per heavy atom. The van der Waals surface area contributed by atoms with Crippen LogP contribution >= 0.6 is 11.8 Å². The highest BCUT2D eigenvalue weighted by Gasteiger charge is 2.74. The molecule has 3 saturated heterocycles. The van der Waals surface area contributed by atoms with Gasteiger partial charge in [0.1, 0.15) is 6.04 Å². The van der Waals surface area contributed by atoms with Gasteiger partial charge in [-0.2, -0.15) is 0 Å². The highest BCUT2D eigenvalue weighted by molar-refractivity contribution is 8.02. The second-order valence-electron chi connectivity index (χ2n) is 9.70. The molecule has 31 heavy (non-hydrogen) atoms. The number of carbonyl (C=O) groups is 3. The van der Waals surface area contributed by atoms with Crippen LogP contribution in [0.25, 0.3) is 0 Å². The molecule has 3 heterocycles. The molecule has 176 valence electrons. The number of hydrogen-bond acceptors (Lipinski definition) is 5. The number of unbranched alkanes of at least 4 members (excludes halogenated alkanes) is 1. The van der Waals surface area contributed by atoms with Gasteiger partial charge in [-0.05, 0) is 38.0 Å². The lowest BCUT2D eigenvalue weighted by Crippen LogP contribution is -2.56. The van der Waals surface area contributed by atoms with Crippen LogP contribution in [-0.4, -0.2) is 69.5 Å². The van der Waals surface area contributed by atoms with Crippen molar-refractivity contribution in [2.45, 2.75) is 88.3 Å². The monoisotopic (exact) mass is 453 g/mol. The highest BCUT2D eigenvalue weighted by atomic mass is 32.2. The van der Waals surface area contributed by atoms with E-state index in [4.69, 9.17) is 0 Å². The van der Waals surface area contributed by atoms with E-state index in [1.807, 2.05) is 6.92 Å². The molecule has 3 N–H and O–H groups in total. The van der Waals surface area contributed by atoms with Crippen LogP contribution in [0.2, 0.25) is 0 Å². The fourth-order valence-electron chi connectivity index (χ4n) is 5.76. The van der Waals surface area contributed by atoms with E-state index < -0.39 is 28.7 Å². The van der Waals surface area contributed by atoms with Gasteiger partial charge in [0.25, 0.3) is 0 Å². The van der Waals surface area contributed by atoms with E-state index in [1.54, 1.807) is 16.7 Å². The molecule has 0 aromatic rings. The molecule has 8 heteroatoms. The molecule has 0 aromatic heterocycles. The molecule has 3 aliphatic heterocycles. The average molecular weight is 454 g/mol. The van der Waals surface area contributed by atoms with Crippen LogP contribution in [0.3, 0.4) is 0 Å². The zero-order valence-electron chi connectivity index (χ0n) is 19.4. The summed E-state index contributed by atoms with van der Waals surface area (Å²) in [4.78, 5) is 42.0. The summed E-state index contributed by atoms with van der Waals surface area (Å²) in [7, 11) is 0. The van der Waals surface area contributed by atoms with Crippen molar-refractivity contribution in [2.75, 3.05) is 19.7 Å². The lowest BCUT2D eigenvalue weighted by molar-refractivity contribution is -0.143. The van der Waals surface area contributed by atoms with Crippen molar-refractivity contribution in [2.24, 2.45) is 17.8 Å². The van der Waals surface area contributed by atoms with E-state index in [0.29, 0.717) is 19.5 Å². The lowest BCUT2D eigenvalue weighted by Gasteiger charge is -2.37. The minimum absolute atomic E-state index is 0.0596. The molecule has 2 unspecified atom stereocenters. The summed E-state index contributed by atoms with van der Waals surface area (Å²) in [6.45, 7) is 9.19. The third-order valence-electron chi connectivity index (χ3n) is 7.02. The zero-order valence-corrected chi connectivity index (χ0v) is 20.2. The molecule has 0 aromatic carbocycles. The van der Waals surface area contributed by atoms with E-state index in [1.165, 1.54) is 0 Å². The second-order valence-corrected chi connectivity index (χ2v) is 11.3. The molecule has 6 atom stereocenters. The van der Waals surface area contributed by atoms with Gasteiger partial charge in [-0.15, -0.1) is 11.8 Å². The number of rotatable bonds is 11. The fraction of sp³-hybridized carbons (Fsp3) is 0.870. The van der Waals surface area contributed by atoms with Crippen LogP contribution in [0.4, 0.5) is 0 Å². The first-order valence-electron chi connectivity index (χ1n) is 12.0. The fourth-order valence-corrected chi connectivity index (χ4v) is 7.96. The zero-order chi connectivity index (χ0) is 22.8. The largest absolute Gasteiger partial charge is 0.394 e. The molecule has 3 amide bonds. The maximum absolute atomic E-state index is 13.8. The van der Waals surface area contributed by atoms with Crippen molar-refractivity contribution in [1.82, 2.24) is 15.5 Å². The van der Waals surface area contributed by atoms with Crippen molar-refractivity contribution in [3.8, 4) is 0 Å². The quantitative estimate of drug-likeness (QED) is 0.415. The van der Waals surface area contributed by atoms with E-state index in [2.05, 4.69) is 31.4 Å². The maximum atomic E-state index is 13.8. The van der Waals surface area contributed by atoms with Crippen LogP contribution in [0.5, 0.6) is 0 Å². The van der Waals surface area contributed by atoms with E-state index in [9.17, 15) is 19.5 Å².